The molecule has 2 aromatic rings. The van der Waals surface area contributed by atoms with E-state index in [9.17, 15) is 0 Å². The molecule has 0 radical (unpaired) electrons. The van der Waals surface area contributed by atoms with Gasteiger partial charge in [-0.15, -0.1) is 0 Å². The van der Waals surface area contributed by atoms with Gasteiger partial charge in [-0.1, -0.05) is 0 Å². The van der Waals surface area contributed by atoms with Crippen LogP contribution in [0.2, 0.25) is 0 Å². The molecule has 5 heteroatoms. The number of hydrogen-bond donors (Lipinski definition) is 1. The molecule has 1 aromatic heterocycles. The normalized spacial score (nSPS) is 10.5. The van der Waals surface area contributed by atoms with Gasteiger partial charge >= 0.3 is 0 Å². The molecule has 5 nitrogen and oxygen atoms in total. The molecule has 108 valence electrons. The highest BCUT2D eigenvalue weighted by atomic mass is 16.5. The molecule has 1 N–H and O–H groups in total. The molecule has 0 aliphatic carbocycles. The van der Waals surface area contributed by atoms with E-state index in [1.165, 1.54) is 0 Å². The molecule has 20 heavy (non-hydrogen) atoms. The Morgan fingerprint density at radius 2 is 2.05 bits per heavy atom. The average molecular weight is 275 g/mol. The van der Waals surface area contributed by atoms with Gasteiger partial charge in [-0.05, 0) is 37.6 Å². The fraction of sp³-hybridized carbons (Fsp3) is 0.400. The number of nitrogens with zero attached hydrogens (tertiary/aromatic N) is 2. The molecule has 0 spiro atoms. The number of aromatic nitrogens is 2. The van der Waals surface area contributed by atoms with E-state index in [0.29, 0.717) is 0 Å². The molecule has 1 heterocycles. The lowest BCUT2D eigenvalue weighted by atomic mass is 10.3. The Labute approximate surface area is 119 Å². The first-order valence-electron chi connectivity index (χ1n) is 6.84. The molecule has 0 aliphatic rings. The predicted octanol–water partition coefficient (Wildman–Crippen LogP) is 2.72. The maximum absolute atomic E-state index is 5.31. The smallest absolute Gasteiger partial charge is 0.207 e. The average Bonchev–Trinajstić information content (AvgIpc) is 2.95. The molecule has 0 fully saturated rings. The Morgan fingerprint density at radius 3 is 2.75 bits per heavy atom. The van der Waals surface area contributed by atoms with E-state index in [2.05, 4.69) is 10.3 Å². The summed E-state index contributed by atoms with van der Waals surface area (Å²) in [7, 11) is 1.66. The number of anilines is 1. The topological polar surface area (TPSA) is 48.3 Å². The number of imidazole rings is 1. The molecule has 0 unspecified atom stereocenters. The molecule has 0 atom stereocenters. The second-order valence-corrected chi connectivity index (χ2v) is 4.30. The molecule has 1 aromatic carbocycles. The molecule has 0 saturated heterocycles. The van der Waals surface area contributed by atoms with Gasteiger partial charge in [0, 0.05) is 37.8 Å². The number of benzene rings is 1. The van der Waals surface area contributed by atoms with E-state index in [1.54, 1.807) is 13.3 Å². The van der Waals surface area contributed by atoms with E-state index in [4.69, 9.17) is 9.47 Å². The maximum atomic E-state index is 5.31. The zero-order valence-electron chi connectivity index (χ0n) is 12.0. The summed E-state index contributed by atoms with van der Waals surface area (Å²) in [5, 5.41) is 3.32. The number of hydrogen-bond acceptors (Lipinski definition) is 4. The third kappa shape index (κ3) is 3.74. The van der Waals surface area contributed by atoms with Crippen molar-refractivity contribution in [3.63, 3.8) is 0 Å². The standard InChI is InChI=1S/C15H21N3O2/c1-3-20-12-4-9-16-15-17-10-11-18(15)13-5-7-14(19-2)8-6-13/h5-8,10-11H,3-4,9,12H2,1-2H3,(H,16,17). The highest BCUT2D eigenvalue weighted by molar-refractivity contribution is 5.44. The zero-order chi connectivity index (χ0) is 14.2. The molecule has 0 saturated carbocycles. The van der Waals surface area contributed by atoms with Gasteiger partial charge < -0.3 is 14.8 Å². The third-order valence-electron chi connectivity index (χ3n) is 2.94. The van der Waals surface area contributed by atoms with Crippen LogP contribution in [-0.2, 0) is 4.74 Å². The van der Waals surface area contributed by atoms with E-state index in [-0.39, 0.29) is 0 Å². The minimum atomic E-state index is 0.764. The van der Waals surface area contributed by atoms with E-state index >= 15 is 0 Å². The molecule has 0 amide bonds. The summed E-state index contributed by atoms with van der Waals surface area (Å²) < 4.78 is 12.5. The Balaban J connectivity index is 1.96. The fourth-order valence-electron chi connectivity index (χ4n) is 1.90. The number of methoxy groups -OCH3 is 1. The fourth-order valence-corrected chi connectivity index (χ4v) is 1.90. The molecule has 2 rings (SSSR count). The van der Waals surface area contributed by atoms with Gasteiger partial charge in [0.05, 0.1) is 7.11 Å². The van der Waals surface area contributed by atoms with Crippen molar-refractivity contribution in [2.24, 2.45) is 0 Å². The van der Waals surface area contributed by atoms with Crippen LogP contribution >= 0.6 is 0 Å². The van der Waals surface area contributed by atoms with Gasteiger partial charge in [0.2, 0.25) is 5.95 Å². The first kappa shape index (κ1) is 14.4. The number of nitrogens with one attached hydrogen (secondary N) is 1. The predicted molar refractivity (Wildman–Crippen MR) is 79.7 cm³/mol. The lowest BCUT2D eigenvalue weighted by Gasteiger charge is -2.10. The van der Waals surface area contributed by atoms with Gasteiger partial charge in [0.1, 0.15) is 5.75 Å². The van der Waals surface area contributed by atoms with Crippen LogP contribution < -0.4 is 10.1 Å². The van der Waals surface area contributed by atoms with Crippen LogP contribution in [0.3, 0.4) is 0 Å². The number of ether oxygens (including phenoxy) is 2. The SMILES string of the molecule is CCOCCCNc1nccn1-c1ccc(OC)cc1. The summed E-state index contributed by atoms with van der Waals surface area (Å²) in [6.07, 6.45) is 4.69. The van der Waals surface area contributed by atoms with Crippen LogP contribution in [0.1, 0.15) is 13.3 Å². The van der Waals surface area contributed by atoms with Gasteiger partial charge in [-0.2, -0.15) is 0 Å². The summed E-state index contributed by atoms with van der Waals surface area (Å²) >= 11 is 0. The monoisotopic (exact) mass is 275 g/mol. The van der Waals surface area contributed by atoms with Gasteiger partial charge in [0.25, 0.3) is 0 Å². The lowest BCUT2D eigenvalue weighted by Crippen LogP contribution is -2.09. The first-order chi connectivity index (χ1) is 9.85. The summed E-state index contributed by atoms with van der Waals surface area (Å²) in [5.41, 5.74) is 1.05. The van der Waals surface area contributed by atoms with Gasteiger partial charge in [0.15, 0.2) is 0 Å². The summed E-state index contributed by atoms with van der Waals surface area (Å²) in [6.45, 7) is 4.38. The minimum absolute atomic E-state index is 0.764. The number of rotatable bonds is 8. The molecule has 0 aliphatic heterocycles. The largest absolute Gasteiger partial charge is 0.497 e. The maximum Gasteiger partial charge on any atom is 0.207 e. The van der Waals surface area contributed by atoms with Crippen molar-refractivity contribution in [2.45, 2.75) is 13.3 Å². The molecular formula is C15H21N3O2. The Bertz CT molecular complexity index is 508. The Kier molecular flexibility index (Phi) is 5.43. The van der Waals surface area contributed by atoms with E-state index < -0.39 is 0 Å². The van der Waals surface area contributed by atoms with Crippen LogP contribution in [0, 0.1) is 0 Å². The minimum Gasteiger partial charge on any atom is -0.497 e. The van der Waals surface area contributed by atoms with Crippen LogP contribution in [0.4, 0.5) is 5.95 Å². The van der Waals surface area contributed by atoms with Gasteiger partial charge in [-0.3, -0.25) is 4.57 Å². The van der Waals surface area contributed by atoms with E-state index in [0.717, 1.165) is 43.6 Å². The lowest BCUT2D eigenvalue weighted by molar-refractivity contribution is 0.147. The molecule has 0 bridgehead atoms. The Morgan fingerprint density at radius 1 is 1.25 bits per heavy atom. The highest BCUT2D eigenvalue weighted by Gasteiger charge is 2.04. The van der Waals surface area contributed by atoms with Crippen molar-refractivity contribution >= 4 is 5.95 Å². The second kappa shape index (κ2) is 7.55. The summed E-state index contributed by atoms with van der Waals surface area (Å²) in [6, 6.07) is 7.89. The quantitative estimate of drug-likeness (QED) is 0.753. The van der Waals surface area contributed by atoms with Crippen molar-refractivity contribution in [2.75, 3.05) is 32.2 Å². The zero-order valence-corrected chi connectivity index (χ0v) is 12.0. The summed E-state index contributed by atoms with van der Waals surface area (Å²) in [5.74, 6) is 1.69. The van der Waals surface area contributed by atoms with Crippen LogP contribution in [0.25, 0.3) is 5.69 Å². The molecular weight excluding hydrogens is 254 g/mol. The van der Waals surface area contributed by atoms with Crippen LogP contribution in [0.15, 0.2) is 36.7 Å². The second-order valence-electron chi connectivity index (χ2n) is 4.30. The van der Waals surface area contributed by atoms with Crippen LogP contribution in [0.5, 0.6) is 5.75 Å². The van der Waals surface area contributed by atoms with Crippen molar-refractivity contribution in [3.8, 4) is 11.4 Å². The van der Waals surface area contributed by atoms with E-state index in [1.807, 2.05) is 42.0 Å². The van der Waals surface area contributed by atoms with Crippen molar-refractivity contribution in [3.05, 3.63) is 36.7 Å². The van der Waals surface area contributed by atoms with Gasteiger partial charge in [-0.25, -0.2) is 4.98 Å². The highest BCUT2D eigenvalue weighted by Crippen LogP contribution is 2.18. The van der Waals surface area contributed by atoms with Crippen LogP contribution in [-0.4, -0.2) is 36.4 Å². The van der Waals surface area contributed by atoms with Crippen molar-refractivity contribution in [1.82, 2.24) is 9.55 Å². The third-order valence-corrected chi connectivity index (χ3v) is 2.94. The van der Waals surface area contributed by atoms with Crippen molar-refractivity contribution in [1.29, 1.82) is 0 Å². The Hall–Kier alpha value is -2.01. The first-order valence-corrected chi connectivity index (χ1v) is 6.84. The summed E-state index contributed by atoms with van der Waals surface area (Å²) in [4.78, 5) is 4.33. The van der Waals surface area contributed by atoms with Crippen molar-refractivity contribution < 1.29 is 9.47 Å².